The van der Waals surface area contributed by atoms with Crippen LogP contribution < -0.4 is 5.32 Å². The van der Waals surface area contributed by atoms with Crippen molar-refractivity contribution in [1.82, 2.24) is 10.2 Å². The predicted octanol–water partition coefficient (Wildman–Crippen LogP) is 4.59. The summed E-state index contributed by atoms with van der Waals surface area (Å²) in [5.74, 6) is 0.00269. The molecule has 0 aromatic carbocycles. The van der Waals surface area contributed by atoms with E-state index in [1.165, 1.54) is 32.1 Å². The van der Waals surface area contributed by atoms with Crippen molar-refractivity contribution in [3.8, 4) is 0 Å². The van der Waals surface area contributed by atoms with Crippen LogP contribution in [0.4, 0.5) is 0 Å². The Kier molecular flexibility index (Phi) is 11.3. The van der Waals surface area contributed by atoms with Crippen molar-refractivity contribution in [3.05, 3.63) is 12.2 Å². The van der Waals surface area contributed by atoms with Crippen molar-refractivity contribution in [2.75, 3.05) is 6.54 Å². The molecule has 0 radical (unpaired) electrons. The largest absolute Gasteiger partial charge is 0.352 e. The van der Waals surface area contributed by atoms with Crippen molar-refractivity contribution >= 4 is 11.8 Å². The molecule has 144 valence electrons. The van der Waals surface area contributed by atoms with Crippen LogP contribution in [-0.2, 0) is 9.59 Å². The van der Waals surface area contributed by atoms with Crippen molar-refractivity contribution in [2.45, 2.75) is 103 Å². The molecule has 1 rings (SSSR count). The third-order valence-electron chi connectivity index (χ3n) is 4.93. The van der Waals surface area contributed by atoms with E-state index in [4.69, 9.17) is 0 Å². The molecule has 0 saturated carbocycles. The minimum absolute atomic E-state index is 0.0188. The fourth-order valence-electron chi connectivity index (χ4n) is 3.39. The van der Waals surface area contributed by atoms with Crippen LogP contribution in [0, 0.1) is 0 Å². The van der Waals surface area contributed by atoms with Gasteiger partial charge >= 0.3 is 0 Å². The highest BCUT2D eigenvalue weighted by Gasteiger charge is 2.33. The summed E-state index contributed by atoms with van der Waals surface area (Å²) in [5, 5.41) is 3.12. The van der Waals surface area contributed by atoms with Gasteiger partial charge in [-0.3, -0.25) is 9.59 Å². The number of carbonyl (C=O) groups is 2. The van der Waals surface area contributed by atoms with Gasteiger partial charge in [-0.25, -0.2) is 0 Å². The van der Waals surface area contributed by atoms with Crippen LogP contribution in [0.5, 0.6) is 0 Å². The molecule has 0 aromatic heterocycles. The molecule has 1 fully saturated rings. The normalized spacial score (nSPS) is 18.7. The van der Waals surface area contributed by atoms with E-state index in [9.17, 15) is 9.59 Å². The molecule has 0 spiro atoms. The van der Waals surface area contributed by atoms with E-state index < -0.39 is 0 Å². The van der Waals surface area contributed by atoms with Gasteiger partial charge < -0.3 is 10.2 Å². The lowest BCUT2D eigenvalue weighted by Gasteiger charge is -2.24. The second-order valence-corrected chi connectivity index (χ2v) is 7.35. The average Bonchev–Trinajstić information content (AvgIpc) is 3.08. The van der Waals surface area contributed by atoms with Gasteiger partial charge in [0.15, 0.2) is 0 Å². The number of nitrogens with one attached hydrogen (secondary N) is 1. The number of likely N-dealkylation sites (tertiary alicyclic amines) is 1. The van der Waals surface area contributed by atoms with Crippen molar-refractivity contribution < 1.29 is 9.59 Å². The Morgan fingerprint density at radius 2 is 1.84 bits per heavy atom. The van der Waals surface area contributed by atoms with Gasteiger partial charge in [0, 0.05) is 12.6 Å². The van der Waals surface area contributed by atoms with E-state index in [-0.39, 0.29) is 23.9 Å². The van der Waals surface area contributed by atoms with Gasteiger partial charge in [-0.15, -0.1) is 0 Å². The number of nitrogens with zero attached hydrogens (tertiary/aromatic N) is 1. The van der Waals surface area contributed by atoms with Gasteiger partial charge in [-0.05, 0) is 38.7 Å². The molecule has 1 aliphatic rings. The molecule has 25 heavy (non-hydrogen) atoms. The lowest BCUT2D eigenvalue weighted by Crippen LogP contribution is -2.47. The first kappa shape index (κ1) is 21.7. The van der Waals surface area contributed by atoms with Crippen molar-refractivity contribution in [1.29, 1.82) is 0 Å². The molecule has 1 saturated heterocycles. The Labute approximate surface area is 154 Å². The molecular formula is C21H38N2O2. The first-order valence-electron chi connectivity index (χ1n) is 10.4. The SMILES string of the molecule is CCC/C=C/C(=O)N1CCC[C@H]1C(=O)NC(C)CCCCCCCC. The predicted molar refractivity (Wildman–Crippen MR) is 104 cm³/mol. The molecule has 0 bridgehead atoms. The second-order valence-electron chi connectivity index (χ2n) is 7.35. The molecule has 1 unspecified atom stereocenters. The number of hydrogen-bond donors (Lipinski definition) is 1. The monoisotopic (exact) mass is 350 g/mol. The Morgan fingerprint density at radius 1 is 1.12 bits per heavy atom. The average molecular weight is 351 g/mol. The van der Waals surface area contributed by atoms with Gasteiger partial charge in [0.25, 0.3) is 0 Å². The third-order valence-corrected chi connectivity index (χ3v) is 4.93. The molecule has 1 N–H and O–H groups in total. The summed E-state index contributed by atoms with van der Waals surface area (Å²) in [4.78, 5) is 26.6. The van der Waals surface area contributed by atoms with E-state index in [1.807, 2.05) is 6.08 Å². The Hall–Kier alpha value is -1.32. The zero-order valence-corrected chi connectivity index (χ0v) is 16.6. The highest BCUT2D eigenvalue weighted by Crippen LogP contribution is 2.18. The molecule has 1 heterocycles. The molecule has 1 aliphatic heterocycles. The highest BCUT2D eigenvalue weighted by atomic mass is 16.2. The first-order valence-corrected chi connectivity index (χ1v) is 10.4. The van der Waals surface area contributed by atoms with Gasteiger partial charge in [0.05, 0.1) is 0 Å². The zero-order chi connectivity index (χ0) is 18.5. The summed E-state index contributed by atoms with van der Waals surface area (Å²) in [6.45, 7) is 7.09. The number of carbonyl (C=O) groups excluding carboxylic acids is 2. The molecular weight excluding hydrogens is 312 g/mol. The Bertz CT molecular complexity index is 420. The van der Waals surface area contributed by atoms with E-state index in [1.54, 1.807) is 11.0 Å². The smallest absolute Gasteiger partial charge is 0.246 e. The second kappa shape index (κ2) is 13.0. The summed E-state index contributed by atoms with van der Waals surface area (Å²) in [5.41, 5.74) is 0. The van der Waals surface area contributed by atoms with E-state index in [0.29, 0.717) is 6.54 Å². The number of hydrogen-bond acceptors (Lipinski definition) is 2. The maximum absolute atomic E-state index is 12.5. The van der Waals surface area contributed by atoms with Crippen LogP contribution in [0.25, 0.3) is 0 Å². The lowest BCUT2D eigenvalue weighted by atomic mass is 10.1. The molecule has 2 amide bonds. The topological polar surface area (TPSA) is 49.4 Å². The molecule has 4 heteroatoms. The third kappa shape index (κ3) is 8.55. The molecule has 2 atom stereocenters. The maximum atomic E-state index is 12.5. The van der Waals surface area contributed by atoms with Crippen LogP contribution in [-0.4, -0.2) is 35.3 Å². The van der Waals surface area contributed by atoms with Crippen LogP contribution in [0.15, 0.2) is 12.2 Å². The molecule has 0 aliphatic carbocycles. The quantitative estimate of drug-likeness (QED) is 0.413. The lowest BCUT2D eigenvalue weighted by molar-refractivity contribution is -0.135. The number of allylic oxidation sites excluding steroid dienone is 1. The van der Waals surface area contributed by atoms with E-state index >= 15 is 0 Å². The molecule has 4 nitrogen and oxygen atoms in total. The summed E-state index contributed by atoms with van der Waals surface area (Å²) < 4.78 is 0. The van der Waals surface area contributed by atoms with Crippen LogP contribution in [0.2, 0.25) is 0 Å². The number of rotatable bonds is 12. The summed E-state index contributed by atoms with van der Waals surface area (Å²) in [6.07, 6.45) is 15.8. The van der Waals surface area contributed by atoms with Gasteiger partial charge in [-0.1, -0.05) is 64.9 Å². The van der Waals surface area contributed by atoms with E-state index in [0.717, 1.165) is 38.5 Å². The van der Waals surface area contributed by atoms with E-state index in [2.05, 4.69) is 26.1 Å². The van der Waals surface area contributed by atoms with Gasteiger partial charge in [0.2, 0.25) is 11.8 Å². The van der Waals surface area contributed by atoms with Crippen LogP contribution >= 0.6 is 0 Å². The summed E-state index contributed by atoms with van der Waals surface area (Å²) >= 11 is 0. The Morgan fingerprint density at radius 3 is 2.56 bits per heavy atom. The molecule has 0 aromatic rings. The standard InChI is InChI=1S/C21H38N2O2/c1-4-6-8-9-10-12-14-18(3)22-21(25)19-15-13-17-23(19)20(24)16-11-7-5-2/h11,16,18-19H,4-10,12-15,17H2,1-3H3,(H,22,25)/b16-11+/t18?,19-/m0/s1. The summed E-state index contributed by atoms with van der Waals surface area (Å²) in [6, 6.07) is -0.0994. The Balaban J connectivity index is 2.33. The maximum Gasteiger partial charge on any atom is 0.246 e. The fraction of sp³-hybridized carbons (Fsp3) is 0.810. The van der Waals surface area contributed by atoms with Crippen LogP contribution in [0.1, 0.15) is 91.4 Å². The highest BCUT2D eigenvalue weighted by molar-refractivity contribution is 5.93. The first-order chi connectivity index (χ1) is 12.1. The summed E-state index contributed by atoms with van der Waals surface area (Å²) in [7, 11) is 0. The zero-order valence-electron chi connectivity index (χ0n) is 16.6. The minimum Gasteiger partial charge on any atom is -0.352 e. The van der Waals surface area contributed by atoms with Crippen molar-refractivity contribution in [2.24, 2.45) is 0 Å². The van der Waals surface area contributed by atoms with Gasteiger partial charge in [-0.2, -0.15) is 0 Å². The number of unbranched alkanes of at least 4 members (excludes halogenated alkanes) is 6. The van der Waals surface area contributed by atoms with Crippen LogP contribution in [0.3, 0.4) is 0 Å². The van der Waals surface area contributed by atoms with Crippen molar-refractivity contribution in [3.63, 3.8) is 0 Å². The van der Waals surface area contributed by atoms with Gasteiger partial charge in [0.1, 0.15) is 6.04 Å². The fourth-order valence-corrected chi connectivity index (χ4v) is 3.39. The number of amides is 2. The minimum atomic E-state index is -0.286.